The van der Waals surface area contributed by atoms with Gasteiger partial charge in [-0.2, -0.15) is 0 Å². The highest BCUT2D eigenvalue weighted by Crippen LogP contribution is 2.34. The predicted molar refractivity (Wildman–Crippen MR) is 101 cm³/mol. The molecule has 0 spiro atoms. The van der Waals surface area contributed by atoms with Crippen molar-refractivity contribution in [1.82, 2.24) is 4.57 Å². The zero-order valence-electron chi connectivity index (χ0n) is 13.9. The Morgan fingerprint density at radius 1 is 0.923 bits per heavy atom. The number of fused-ring (bicyclic) bond motifs is 1. The molecule has 0 saturated heterocycles. The third kappa shape index (κ3) is 2.80. The summed E-state index contributed by atoms with van der Waals surface area (Å²) in [4.78, 5) is 10.5. The maximum atomic E-state index is 10.9. The molecule has 1 N–H and O–H groups in total. The van der Waals surface area contributed by atoms with Crippen LogP contribution < -0.4 is 0 Å². The van der Waals surface area contributed by atoms with Crippen molar-refractivity contribution in [1.29, 1.82) is 0 Å². The van der Waals surface area contributed by atoms with Crippen LogP contribution >= 0.6 is 0 Å². The van der Waals surface area contributed by atoms with Crippen molar-refractivity contribution in [3.8, 4) is 17.0 Å². The Balaban J connectivity index is 1.89. The fraction of sp³-hybridized carbons (Fsp3) is 0.0476. The van der Waals surface area contributed by atoms with E-state index in [9.17, 15) is 15.2 Å². The number of hydrogen-bond acceptors (Lipinski definition) is 3. The number of nitro groups is 1. The molecule has 0 atom stereocenters. The summed E-state index contributed by atoms with van der Waals surface area (Å²) in [5, 5.41) is 21.9. The minimum atomic E-state index is -0.408. The number of nitro benzene ring substituents is 1. The van der Waals surface area contributed by atoms with Crippen LogP contribution in [-0.2, 0) is 6.54 Å². The summed E-state index contributed by atoms with van der Waals surface area (Å²) in [6.07, 6.45) is 0. The topological polar surface area (TPSA) is 68.3 Å². The lowest BCUT2D eigenvalue weighted by atomic mass is 10.1. The van der Waals surface area contributed by atoms with Crippen molar-refractivity contribution in [3.63, 3.8) is 0 Å². The third-order valence-electron chi connectivity index (χ3n) is 4.48. The standard InChI is InChI=1S/C21H16N2O3/c24-21-8-4-7-19-18(21)13-20(16-9-11-17(12-10-16)23(25)26)22(19)14-15-5-2-1-3-6-15/h1-13,24H,14H2. The Labute approximate surface area is 149 Å². The van der Waals surface area contributed by atoms with E-state index < -0.39 is 4.92 Å². The zero-order chi connectivity index (χ0) is 18.1. The van der Waals surface area contributed by atoms with Gasteiger partial charge in [-0.25, -0.2) is 0 Å². The monoisotopic (exact) mass is 344 g/mol. The van der Waals surface area contributed by atoms with E-state index in [0.717, 1.165) is 27.7 Å². The van der Waals surface area contributed by atoms with Crippen LogP contribution in [0.4, 0.5) is 5.69 Å². The van der Waals surface area contributed by atoms with E-state index in [0.29, 0.717) is 6.54 Å². The van der Waals surface area contributed by atoms with E-state index in [1.165, 1.54) is 12.1 Å². The Morgan fingerprint density at radius 3 is 2.35 bits per heavy atom. The first kappa shape index (κ1) is 15.9. The molecular weight excluding hydrogens is 328 g/mol. The summed E-state index contributed by atoms with van der Waals surface area (Å²) in [5.41, 5.74) is 3.88. The summed E-state index contributed by atoms with van der Waals surface area (Å²) >= 11 is 0. The Morgan fingerprint density at radius 2 is 1.65 bits per heavy atom. The van der Waals surface area contributed by atoms with Gasteiger partial charge in [0.2, 0.25) is 0 Å². The molecule has 128 valence electrons. The highest BCUT2D eigenvalue weighted by atomic mass is 16.6. The Bertz CT molecular complexity index is 1080. The summed E-state index contributed by atoms with van der Waals surface area (Å²) in [6.45, 7) is 0.639. The van der Waals surface area contributed by atoms with Crippen LogP contribution in [0.1, 0.15) is 5.56 Å². The van der Waals surface area contributed by atoms with E-state index in [1.807, 2.05) is 48.5 Å². The van der Waals surface area contributed by atoms with Crippen LogP contribution in [-0.4, -0.2) is 14.6 Å². The highest BCUT2D eigenvalue weighted by molar-refractivity contribution is 5.91. The maximum absolute atomic E-state index is 10.9. The molecule has 0 bridgehead atoms. The van der Waals surface area contributed by atoms with E-state index in [1.54, 1.807) is 18.2 Å². The molecule has 0 saturated carbocycles. The van der Waals surface area contributed by atoms with Gasteiger partial charge in [-0.05, 0) is 41.5 Å². The number of hydrogen-bond donors (Lipinski definition) is 1. The van der Waals surface area contributed by atoms with Crippen molar-refractivity contribution in [2.24, 2.45) is 0 Å². The van der Waals surface area contributed by atoms with Crippen molar-refractivity contribution in [2.75, 3.05) is 0 Å². The minimum Gasteiger partial charge on any atom is -0.507 e. The number of nitrogens with zero attached hydrogens (tertiary/aromatic N) is 2. The lowest BCUT2D eigenvalue weighted by Crippen LogP contribution is -2.01. The molecule has 4 aromatic rings. The molecule has 0 aliphatic carbocycles. The van der Waals surface area contributed by atoms with E-state index in [4.69, 9.17) is 0 Å². The SMILES string of the molecule is O=[N+]([O-])c1ccc(-c2cc3c(O)cccc3n2Cc2ccccc2)cc1. The van der Waals surface area contributed by atoms with Gasteiger partial charge in [-0.3, -0.25) is 10.1 Å². The van der Waals surface area contributed by atoms with Gasteiger partial charge in [0.05, 0.1) is 10.4 Å². The van der Waals surface area contributed by atoms with Gasteiger partial charge in [-0.1, -0.05) is 36.4 Å². The second-order valence-corrected chi connectivity index (χ2v) is 6.12. The summed E-state index contributed by atoms with van der Waals surface area (Å²) < 4.78 is 2.12. The molecule has 0 radical (unpaired) electrons. The highest BCUT2D eigenvalue weighted by Gasteiger charge is 2.14. The average Bonchev–Trinajstić information content (AvgIpc) is 3.03. The second-order valence-electron chi connectivity index (χ2n) is 6.12. The molecule has 26 heavy (non-hydrogen) atoms. The van der Waals surface area contributed by atoms with E-state index in [2.05, 4.69) is 4.57 Å². The fourth-order valence-corrected chi connectivity index (χ4v) is 3.20. The number of aromatic nitrogens is 1. The molecule has 1 heterocycles. The molecular formula is C21H16N2O3. The summed E-state index contributed by atoms with van der Waals surface area (Å²) in [5.74, 6) is 0.220. The molecule has 1 aromatic heterocycles. The molecule has 0 aliphatic rings. The number of phenols is 1. The number of benzene rings is 3. The molecule has 3 aromatic carbocycles. The minimum absolute atomic E-state index is 0.0577. The first-order chi connectivity index (χ1) is 12.6. The fourth-order valence-electron chi connectivity index (χ4n) is 3.20. The van der Waals surface area contributed by atoms with Crippen LogP contribution in [0.3, 0.4) is 0 Å². The second kappa shape index (κ2) is 6.37. The predicted octanol–water partition coefficient (Wildman–Crippen LogP) is 4.97. The van der Waals surface area contributed by atoms with Gasteiger partial charge in [0.15, 0.2) is 0 Å². The van der Waals surface area contributed by atoms with Gasteiger partial charge in [0, 0.05) is 29.8 Å². The van der Waals surface area contributed by atoms with Gasteiger partial charge in [0.25, 0.3) is 5.69 Å². The number of non-ortho nitro benzene ring substituents is 1. The van der Waals surface area contributed by atoms with Crippen LogP contribution in [0.25, 0.3) is 22.2 Å². The normalized spacial score (nSPS) is 10.9. The average molecular weight is 344 g/mol. The van der Waals surface area contributed by atoms with Crippen molar-refractivity contribution in [3.05, 3.63) is 94.5 Å². The van der Waals surface area contributed by atoms with E-state index in [-0.39, 0.29) is 11.4 Å². The summed E-state index contributed by atoms with van der Waals surface area (Å²) in [6, 6.07) is 23.9. The first-order valence-electron chi connectivity index (χ1n) is 8.23. The van der Waals surface area contributed by atoms with Gasteiger partial charge in [-0.15, -0.1) is 0 Å². The van der Waals surface area contributed by atoms with Crippen molar-refractivity contribution >= 4 is 16.6 Å². The van der Waals surface area contributed by atoms with Crippen molar-refractivity contribution < 1.29 is 10.0 Å². The molecule has 0 unspecified atom stereocenters. The third-order valence-corrected chi connectivity index (χ3v) is 4.48. The number of phenolic OH excluding ortho intramolecular Hbond substituents is 1. The molecule has 5 nitrogen and oxygen atoms in total. The smallest absolute Gasteiger partial charge is 0.269 e. The van der Waals surface area contributed by atoms with Crippen LogP contribution in [0.15, 0.2) is 78.9 Å². The van der Waals surface area contributed by atoms with Crippen LogP contribution in [0.2, 0.25) is 0 Å². The largest absolute Gasteiger partial charge is 0.507 e. The van der Waals surface area contributed by atoms with Gasteiger partial charge < -0.3 is 9.67 Å². The lowest BCUT2D eigenvalue weighted by molar-refractivity contribution is -0.384. The Kier molecular flexibility index (Phi) is 3.89. The summed E-state index contributed by atoms with van der Waals surface area (Å²) in [7, 11) is 0. The van der Waals surface area contributed by atoms with Gasteiger partial charge >= 0.3 is 0 Å². The Hall–Kier alpha value is -3.60. The van der Waals surface area contributed by atoms with E-state index >= 15 is 0 Å². The van der Waals surface area contributed by atoms with Crippen LogP contribution in [0.5, 0.6) is 5.75 Å². The molecule has 4 rings (SSSR count). The van der Waals surface area contributed by atoms with Gasteiger partial charge in [0.1, 0.15) is 5.75 Å². The van der Waals surface area contributed by atoms with Crippen LogP contribution in [0, 0.1) is 10.1 Å². The molecule has 0 amide bonds. The number of aromatic hydroxyl groups is 1. The van der Waals surface area contributed by atoms with Crippen molar-refractivity contribution in [2.45, 2.75) is 6.54 Å². The zero-order valence-corrected chi connectivity index (χ0v) is 13.9. The quantitative estimate of drug-likeness (QED) is 0.420. The molecule has 0 fully saturated rings. The lowest BCUT2D eigenvalue weighted by Gasteiger charge is -2.11. The maximum Gasteiger partial charge on any atom is 0.269 e. The molecule has 0 aliphatic heterocycles. The molecule has 5 heteroatoms. The number of rotatable bonds is 4. The first-order valence-corrected chi connectivity index (χ1v) is 8.23.